The molecule has 0 amide bonds. The Bertz CT molecular complexity index is 1610. The Morgan fingerprint density at radius 3 is 1.25 bits per heavy atom. The lowest BCUT2D eigenvalue weighted by atomic mass is 9.66. The fourth-order valence-corrected chi connectivity index (χ4v) is 7.33. The van der Waals surface area contributed by atoms with Gasteiger partial charge in [-0.1, -0.05) is 27.7 Å². The van der Waals surface area contributed by atoms with E-state index in [0.29, 0.717) is 46.5 Å². The SMILES string of the molecule is CC1C2CC(C1C)C(C)(C(=O)OC(C)(C)C(O)(C(F)(F)F)C(F)(F)F)C2.CCC(C)(C(=O)OC(C)(C)C)C(F)(F)F.CCC(C)(C(=O)OC(C)CC(O)(C(F)(F)F)C(F)(F)F)C(F)(F)F. The molecule has 2 rings (SSSR count). The number of alkyl halides is 18. The summed E-state index contributed by atoms with van der Waals surface area (Å²) < 4.78 is 244. The second-order valence-electron chi connectivity index (χ2n) is 18.7. The van der Waals surface area contributed by atoms with Crippen molar-refractivity contribution < 1.29 is 118 Å². The van der Waals surface area contributed by atoms with Crippen LogP contribution in [0.3, 0.4) is 0 Å². The van der Waals surface area contributed by atoms with Crippen molar-refractivity contribution in [2.45, 2.75) is 188 Å². The lowest BCUT2D eigenvalue weighted by molar-refractivity contribution is -0.408. The number of carbonyl (C=O) groups is 3. The zero-order valence-corrected chi connectivity index (χ0v) is 37.6. The molecule has 0 aromatic rings. The van der Waals surface area contributed by atoms with Crippen molar-refractivity contribution in [3.8, 4) is 0 Å². The first kappa shape index (κ1) is 62.1. The van der Waals surface area contributed by atoms with Crippen molar-refractivity contribution in [1.29, 1.82) is 0 Å². The topological polar surface area (TPSA) is 119 Å². The lowest BCUT2D eigenvalue weighted by Gasteiger charge is -2.46. The summed E-state index contributed by atoms with van der Waals surface area (Å²) in [6.45, 7) is 15.0. The highest BCUT2D eigenvalue weighted by molar-refractivity contribution is 5.79. The van der Waals surface area contributed by atoms with Crippen LogP contribution in [0.5, 0.6) is 0 Å². The molecular weight excluding hydrogens is 938 g/mol. The molecule has 0 radical (unpaired) electrons. The molecule has 2 aliphatic carbocycles. The number of aliphatic hydroxyl groups is 2. The average Bonchev–Trinajstić information content (AvgIpc) is 3.57. The molecular formula is C39H56F18O8. The van der Waals surface area contributed by atoms with Gasteiger partial charge in [0.15, 0.2) is 16.4 Å². The maximum atomic E-state index is 13.1. The molecule has 0 aromatic heterocycles. The number of esters is 3. The van der Waals surface area contributed by atoms with E-state index in [1.165, 1.54) is 34.6 Å². The number of fused-ring (bicyclic) bond motifs is 2. The summed E-state index contributed by atoms with van der Waals surface area (Å²) in [6.07, 6.45) is -38.7. The van der Waals surface area contributed by atoms with Crippen molar-refractivity contribution >= 4 is 17.9 Å². The van der Waals surface area contributed by atoms with E-state index in [2.05, 4.69) is 4.74 Å². The highest BCUT2D eigenvalue weighted by atomic mass is 19.4. The van der Waals surface area contributed by atoms with Gasteiger partial charge in [0.2, 0.25) is 0 Å². The van der Waals surface area contributed by atoms with Crippen LogP contribution in [0.1, 0.15) is 122 Å². The van der Waals surface area contributed by atoms with Crippen molar-refractivity contribution in [3.05, 3.63) is 0 Å². The number of rotatable bonds is 10. The van der Waals surface area contributed by atoms with E-state index in [-0.39, 0.29) is 24.2 Å². The molecule has 2 N–H and O–H groups in total. The lowest BCUT2D eigenvalue weighted by Crippen LogP contribution is -2.70. The highest BCUT2D eigenvalue weighted by Crippen LogP contribution is 2.62. The predicted molar refractivity (Wildman–Crippen MR) is 192 cm³/mol. The summed E-state index contributed by atoms with van der Waals surface area (Å²) in [5, 5.41) is 18.5. The van der Waals surface area contributed by atoms with Gasteiger partial charge in [-0.3, -0.25) is 14.4 Å². The van der Waals surface area contributed by atoms with Crippen LogP contribution in [0.2, 0.25) is 0 Å². The van der Waals surface area contributed by atoms with Gasteiger partial charge in [0.25, 0.3) is 11.2 Å². The smallest absolute Gasteiger partial charge is 0.430 e. The summed E-state index contributed by atoms with van der Waals surface area (Å²) in [5.74, 6) is -3.92. The van der Waals surface area contributed by atoms with E-state index >= 15 is 0 Å². The fraction of sp³-hybridized carbons (Fsp3) is 0.923. The third-order valence-electron chi connectivity index (χ3n) is 12.6. The summed E-state index contributed by atoms with van der Waals surface area (Å²) in [4.78, 5) is 35.6. The van der Waals surface area contributed by atoms with Gasteiger partial charge in [-0.25, -0.2) is 0 Å². The number of carbonyl (C=O) groups excluding carboxylic acids is 3. The molecule has 8 atom stereocenters. The molecule has 65 heavy (non-hydrogen) atoms. The highest BCUT2D eigenvalue weighted by Gasteiger charge is 2.79. The van der Waals surface area contributed by atoms with Gasteiger partial charge in [0.05, 0.1) is 5.41 Å². The molecule has 2 bridgehead atoms. The van der Waals surface area contributed by atoms with Crippen LogP contribution in [-0.4, -0.2) is 93.7 Å². The number of hydrogen-bond acceptors (Lipinski definition) is 8. The Hall–Kier alpha value is -2.93. The molecule has 386 valence electrons. The zero-order valence-electron chi connectivity index (χ0n) is 37.6. The Morgan fingerprint density at radius 2 is 0.969 bits per heavy atom. The van der Waals surface area contributed by atoms with E-state index in [4.69, 9.17) is 14.6 Å². The molecule has 0 aliphatic heterocycles. The summed E-state index contributed by atoms with van der Waals surface area (Å²) >= 11 is 0. The van der Waals surface area contributed by atoms with Gasteiger partial charge in [0, 0.05) is 6.42 Å². The van der Waals surface area contributed by atoms with Gasteiger partial charge in [-0.15, -0.1) is 0 Å². The predicted octanol–water partition coefficient (Wildman–Crippen LogP) is 11.9. The third kappa shape index (κ3) is 12.6. The number of hydrogen-bond donors (Lipinski definition) is 2. The minimum absolute atomic E-state index is 0.110. The van der Waals surface area contributed by atoms with Crippen LogP contribution in [0.25, 0.3) is 0 Å². The molecule has 8 unspecified atom stereocenters. The molecule has 0 spiro atoms. The number of ether oxygens (including phenoxy) is 3. The van der Waals surface area contributed by atoms with E-state index in [0.717, 1.165) is 13.8 Å². The molecule has 2 aliphatic rings. The molecule has 0 aromatic carbocycles. The van der Waals surface area contributed by atoms with Crippen LogP contribution in [0.4, 0.5) is 79.0 Å². The molecule has 2 fully saturated rings. The van der Waals surface area contributed by atoms with E-state index in [1.807, 2.05) is 13.8 Å². The second kappa shape index (κ2) is 19.2. The minimum Gasteiger partial charge on any atom is -0.462 e. The van der Waals surface area contributed by atoms with Gasteiger partial charge in [-0.2, -0.15) is 79.0 Å². The maximum Gasteiger partial charge on any atom is 0.430 e. The average molecular weight is 995 g/mol. The molecule has 8 nitrogen and oxygen atoms in total. The van der Waals surface area contributed by atoms with Crippen molar-refractivity contribution in [2.75, 3.05) is 0 Å². The van der Waals surface area contributed by atoms with E-state index in [1.54, 1.807) is 0 Å². The van der Waals surface area contributed by atoms with Gasteiger partial charge in [0.1, 0.15) is 11.7 Å². The summed E-state index contributed by atoms with van der Waals surface area (Å²) in [6, 6.07) is 0. The fourth-order valence-electron chi connectivity index (χ4n) is 7.33. The maximum absolute atomic E-state index is 13.1. The largest absolute Gasteiger partial charge is 0.462 e. The minimum atomic E-state index is -6.16. The Labute approximate surface area is 363 Å². The van der Waals surface area contributed by atoms with E-state index in [9.17, 15) is 98.5 Å². The van der Waals surface area contributed by atoms with Crippen molar-refractivity contribution in [3.63, 3.8) is 0 Å². The van der Waals surface area contributed by atoms with Gasteiger partial charge < -0.3 is 24.4 Å². The van der Waals surface area contributed by atoms with Gasteiger partial charge in [-0.05, 0) is 112 Å². The van der Waals surface area contributed by atoms with Crippen LogP contribution in [-0.2, 0) is 28.6 Å². The Morgan fingerprint density at radius 1 is 0.600 bits per heavy atom. The van der Waals surface area contributed by atoms with Gasteiger partial charge >= 0.3 is 55.0 Å². The quantitative estimate of drug-likeness (QED) is 0.126. The zero-order chi connectivity index (χ0) is 52.8. The van der Waals surface area contributed by atoms with E-state index < -0.39 is 113 Å². The molecule has 26 heteroatoms. The first-order chi connectivity index (χ1) is 28.2. The Kier molecular flexibility index (Phi) is 18.4. The van der Waals surface area contributed by atoms with Crippen LogP contribution in [0.15, 0.2) is 0 Å². The monoisotopic (exact) mass is 994 g/mol. The van der Waals surface area contributed by atoms with Crippen LogP contribution < -0.4 is 0 Å². The third-order valence-corrected chi connectivity index (χ3v) is 12.6. The second-order valence-corrected chi connectivity index (χ2v) is 18.7. The van der Waals surface area contributed by atoms with Crippen molar-refractivity contribution in [2.24, 2.45) is 39.9 Å². The molecule has 2 saturated carbocycles. The number of halogens is 18. The van der Waals surface area contributed by atoms with Crippen LogP contribution >= 0.6 is 0 Å². The van der Waals surface area contributed by atoms with Crippen molar-refractivity contribution in [1.82, 2.24) is 0 Å². The normalized spacial score (nSPS) is 24.9. The first-order valence-electron chi connectivity index (χ1n) is 19.7. The summed E-state index contributed by atoms with van der Waals surface area (Å²) in [7, 11) is 0. The van der Waals surface area contributed by atoms with Crippen LogP contribution in [0, 0.1) is 39.9 Å². The molecule has 0 saturated heterocycles. The summed E-state index contributed by atoms with van der Waals surface area (Å²) in [5.41, 5.74) is -21.2. The standard InChI is InChI=1S/C17H24F6O3.C12H15F9O3.C10H17F3O2/c1-8-9(2)11-6-10(8)7-14(11,5)12(24)26-13(3,4)15(25,16(18,19)20)17(21,22)23;1-4-8(3,10(13,14)15)7(22)24-6(2)5-9(23,11(16,17)18)12(19,20)21;1-6-9(5,10(11,12)13)7(14)15-8(2,3)4/h8-11,25H,6-7H2,1-5H3;6,23H,4-5H2,1-3H3;6H2,1-5H3. The molecule has 0 heterocycles. The Balaban J connectivity index is 0.000000981. The first-order valence-corrected chi connectivity index (χ1v) is 19.7.